The lowest BCUT2D eigenvalue weighted by Gasteiger charge is -2.13. The Morgan fingerprint density at radius 3 is 2.53 bits per heavy atom. The van der Waals surface area contributed by atoms with Crippen LogP contribution in [0.5, 0.6) is 5.19 Å². The molecule has 86 valence electrons. The van der Waals surface area contributed by atoms with Gasteiger partial charge in [0.1, 0.15) is 5.01 Å². The zero-order valence-electron chi connectivity index (χ0n) is 7.29. The molecular formula is C6H7F4N3OS. The first-order chi connectivity index (χ1) is 6.95. The monoisotopic (exact) mass is 245 g/mol. The minimum Gasteiger partial charge on any atom is -0.462 e. The Balaban J connectivity index is 2.50. The lowest BCUT2D eigenvalue weighted by atomic mass is 10.4. The van der Waals surface area contributed by atoms with Crippen molar-refractivity contribution in [2.45, 2.75) is 18.9 Å². The molecule has 0 aliphatic rings. The number of alkyl halides is 4. The third-order valence-corrected chi connectivity index (χ3v) is 2.19. The van der Waals surface area contributed by atoms with E-state index in [1.54, 1.807) is 0 Å². The number of halogens is 4. The predicted molar refractivity (Wildman–Crippen MR) is 44.2 cm³/mol. The van der Waals surface area contributed by atoms with Gasteiger partial charge in [-0.3, -0.25) is 0 Å². The third kappa shape index (κ3) is 3.27. The van der Waals surface area contributed by atoms with Gasteiger partial charge in [-0.15, -0.1) is 10.2 Å². The van der Waals surface area contributed by atoms with Crippen LogP contribution in [0.25, 0.3) is 0 Å². The molecule has 0 unspecified atom stereocenters. The van der Waals surface area contributed by atoms with Crippen LogP contribution in [0.1, 0.15) is 5.01 Å². The molecule has 0 radical (unpaired) electrons. The fourth-order valence-corrected chi connectivity index (χ4v) is 1.17. The zero-order valence-corrected chi connectivity index (χ0v) is 8.11. The Hall–Kier alpha value is -0.960. The highest BCUT2D eigenvalue weighted by Gasteiger charge is 2.42. The summed E-state index contributed by atoms with van der Waals surface area (Å²) in [6.07, 6.45) is -3.76. The fourth-order valence-electron chi connectivity index (χ4n) is 0.600. The number of nitrogens with two attached hydrogens (primary N) is 1. The van der Waals surface area contributed by atoms with E-state index in [1.807, 2.05) is 0 Å². The van der Waals surface area contributed by atoms with E-state index in [-0.39, 0.29) is 11.7 Å². The molecule has 0 aromatic carbocycles. The summed E-state index contributed by atoms with van der Waals surface area (Å²) in [4.78, 5) is 0. The molecule has 1 rings (SSSR count). The van der Waals surface area contributed by atoms with Crippen LogP contribution in [-0.2, 0) is 6.54 Å². The molecule has 0 spiro atoms. The molecule has 0 aliphatic carbocycles. The van der Waals surface area contributed by atoms with Crippen molar-refractivity contribution in [1.29, 1.82) is 0 Å². The third-order valence-electron chi connectivity index (χ3n) is 1.33. The molecule has 1 aromatic heterocycles. The highest BCUT2D eigenvalue weighted by Crippen LogP contribution is 2.25. The summed E-state index contributed by atoms with van der Waals surface area (Å²) in [7, 11) is 0. The summed E-state index contributed by atoms with van der Waals surface area (Å²) in [5.74, 6) is -4.19. The van der Waals surface area contributed by atoms with Crippen LogP contribution in [0.15, 0.2) is 0 Å². The molecule has 1 aromatic rings. The minimum atomic E-state index is -4.19. The van der Waals surface area contributed by atoms with E-state index in [4.69, 9.17) is 5.73 Å². The van der Waals surface area contributed by atoms with E-state index in [1.165, 1.54) is 0 Å². The average molecular weight is 245 g/mol. The van der Waals surface area contributed by atoms with Gasteiger partial charge >= 0.3 is 12.3 Å². The van der Waals surface area contributed by atoms with E-state index in [0.29, 0.717) is 5.01 Å². The van der Waals surface area contributed by atoms with Crippen LogP contribution in [0.2, 0.25) is 0 Å². The lowest BCUT2D eigenvalue weighted by molar-refractivity contribution is -0.148. The summed E-state index contributed by atoms with van der Waals surface area (Å²) >= 11 is 0.838. The Bertz CT molecular complexity index is 319. The Morgan fingerprint density at radius 1 is 1.40 bits per heavy atom. The van der Waals surface area contributed by atoms with Crippen molar-refractivity contribution < 1.29 is 22.3 Å². The fraction of sp³-hybridized carbons (Fsp3) is 0.667. The minimum absolute atomic E-state index is 0.0896. The summed E-state index contributed by atoms with van der Waals surface area (Å²) in [6.45, 7) is -1.34. The first-order valence-corrected chi connectivity index (χ1v) is 4.58. The van der Waals surface area contributed by atoms with Crippen molar-refractivity contribution in [2.75, 3.05) is 6.61 Å². The molecule has 0 saturated carbocycles. The Labute approximate surface area is 86.1 Å². The normalized spacial score (nSPS) is 12.1. The van der Waals surface area contributed by atoms with Crippen molar-refractivity contribution in [3.63, 3.8) is 0 Å². The van der Waals surface area contributed by atoms with Crippen molar-refractivity contribution >= 4 is 11.3 Å². The van der Waals surface area contributed by atoms with Crippen molar-refractivity contribution in [1.82, 2.24) is 10.2 Å². The molecular weight excluding hydrogens is 238 g/mol. The van der Waals surface area contributed by atoms with E-state index < -0.39 is 19.0 Å². The molecule has 15 heavy (non-hydrogen) atoms. The maximum Gasteiger partial charge on any atom is 0.340 e. The maximum atomic E-state index is 12.4. The predicted octanol–water partition coefficient (Wildman–Crippen LogP) is 1.28. The van der Waals surface area contributed by atoms with Gasteiger partial charge in [0.05, 0.1) is 0 Å². The van der Waals surface area contributed by atoms with Crippen LogP contribution >= 0.6 is 11.3 Å². The lowest BCUT2D eigenvalue weighted by Crippen LogP contribution is -2.33. The van der Waals surface area contributed by atoms with E-state index in [0.717, 1.165) is 11.3 Å². The summed E-state index contributed by atoms with van der Waals surface area (Å²) in [5, 5.41) is 6.99. The highest BCUT2D eigenvalue weighted by molar-refractivity contribution is 7.13. The molecule has 0 saturated heterocycles. The largest absolute Gasteiger partial charge is 0.462 e. The van der Waals surface area contributed by atoms with Gasteiger partial charge in [0.15, 0.2) is 6.61 Å². The summed E-state index contributed by atoms with van der Waals surface area (Å²) < 4.78 is 52.5. The second-order valence-corrected chi connectivity index (χ2v) is 3.54. The number of hydrogen-bond donors (Lipinski definition) is 1. The van der Waals surface area contributed by atoms with Gasteiger partial charge in [0.25, 0.3) is 5.19 Å². The van der Waals surface area contributed by atoms with Gasteiger partial charge in [-0.2, -0.15) is 8.78 Å². The Kier molecular flexibility index (Phi) is 3.80. The van der Waals surface area contributed by atoms with Crippen LogP contribution in [-0.4, -0.2) is 29.2 Å². The van der Waals surface area contributed by atoms with Gasteiger partial charge in [0.2, 0.25) is 0 Å². The smallest absolute Gasteiger partial charge is 0.340 e. The van der Waals surface area contributed by atoms with Crippen molar-refractivity contribution in [3.05, 3.63) is 5.01 Å². The first kappa shape index (κ1) is 12.1. The standard InChI is InChI=1S/C6H7F4N3OS/c7-4(8)6(9,10)2-14-5-13-12-3(1-11)15-5/h4H,1-2,11H2. The molecule has 0 bridgehead atoms. The van der Waals surface area contributed by atoms with Gasteiger partial charge in [-0.25, -0.2) is 8.78 Å². The van der Waals surface area contributed by atoms with Crippen LogP contribution in [0.4, 0.5) is 17.6 Å². The molecule has 9 heteroatoms. The SMILES string of the molecule is NCc1nnc(OCC(F)(F)C(F)F)s1. The number of rotatable bonds is 5. The molecule has 0 fully saturated rings. The van der Waals surface area contributed by atoms with Crippen LogP contribution < -0.4 is 10.5 Å². The second-order valence-electron chi connectivity index (χ2n) is 2.52. The van der Waals surface area contributed by atoms with E-state index >= 15 is 0 Å². The zero-order chi connectivity index (χ0) is 11.5. The van der Waals surface area contributed by atoms with Crippen LogP contribution in [0.3, 0.4) is 0 Å². The van der Waals surface area contributed by atoms with Gasteiger partial charge < -0.3 is 10.5 Å². The van der Waals surface area contributed by atoms with Crippen LogP contribution in [0, 0.1) is 0 Å². The summed E-state index contributed by atoms with van der Waals surface area (Å²) in [5.41, 5.74) is 5.18. The van der Waals surface area contributed by atoms with Gasteiger partial charge in [0, 0.05) is 6.54 Å². The van der Waals surface area contributed by atoms with Crippen molar-refractivity contribution in [3.8, 4) is 5.19 Å². The molecule has 4 nitrogen and oxygen atoms in total. The van der Waals surface area contributed by atoms with Gasteiger partial charge in [-0.05, 0) is 0 Å². The maximum absolute atomic E-state index is 12.4. The van der Waals surface area contributed by atoms with Crippen molar-refractivity contribution in [2.24, 2.45) is 5.73 Å². The highest BCUT2D eigenvalue weighted by atomic mass is 32.1. The Morgan fingerprint density at radius 2 is 2.07 bits per heavy atom. The molecule has 0 aliphatic heterocycles. The molecule has 0 amide bonds. The molecule has 2 N–H and O–H groups in total. The second kappa shape index (κ2) is 4.71. The quantitative estimate of drug-likeness (QED) is 0.794. The number of aromatic nitrogens is 2. The molecule has 1 heterocycles. The number of nitrogens with zero attached hydrogens (tertiary/aromatic N) is 2. The summed E-state index contributed by atoms with van der Waals surface area (Å²) in [6, 6.07) is 0. The number of ether oxygens (including phenoxy) is 1. The van der Waals surface area contributed by atoms with Gasteiger partial charge in [-0.1, -0.05) is 11.3 Å². The topological polar surface area (TPSA) is 61.0 Å². The average Bonchev–Trinajstić information content (AvgIpc) is 2.62. The molecule has 0 atom stereocenters. The van der Waals surface area contributed by atoms with E-state index in [2.05, 4.69) is 14.9 Å². The van der Waals surface area contributed by atoms with E-state index in [9.17, 15) is 17.6 Å². The number of hydrogen-bond acceptors (Lipinski definition) is 5. The first-order valence-electron chi connectivity index (χ1n) is 3.77.